The molecule has 0 amide bonds. The van der Waals surface area contributed by atoms with Crippen LogP contribution in [0, 0.1) is 0 Å². The molecule has 1 fully saturated rings. The van der Waals surface area contributed by atoms with Gasteiger partial charge in [0.25, 0.3) is 0 Å². The highest BCUT2D eigenvalue weighted by molar-refractivity contribution is 7.89. The Kier molecular flexibility index (Phi) is 3.12. The van der Waals surface area contributed by atoms with Crippen LogP contribution in [0.4, 0.5) is 13.2 Å². The van der Waals surface area contributed by atoms with E-state index in [4.69, 9.17) is 5.73 Å². The van der Waals surface area contributed by atoms with Crippen LogP contribution in [0.3, 0.4) is 0 Å². The molecule has 2 N–H and O–H groups in total. The number of halogens is 3. The fraction of sp³-hybridized carbons (Fsp3) is 0.400. The Labute approximate surface area is 102 Å². The maximum atomic E-state index is 12.5. The second-order valence-corrected chi connectivity index (χ2v) is 6.05. The molecule has 0 aromatic heterocycles. The molecule has 1 aromatic rings. The van der Waals surface area contributed by atoms with Gasteiger partial charge in [0, 0.05) is 19.1 Å². The van der Waals surface area contributed by atoms with Gasteiger partial charge in [0.05, 0.1) is 10.5 Å². The number of hydrogen-bond acceptors (Lipinski definition) is 3. The van der Waals surface area contributed by atoms with E-state index in [-0.39, 0.29) is 24.0 Å². The number of rotatable bonds is 2. The van der Waals surface area contributed by atoms with E-state index < -0.39 is 21.8 Å². The lowest BCUT2D eigenvalue weighted by Crippen LogP contribution is -2.57. The van der Waals surface area contributed by atoms with E-state index in [9.17, 15) is 21.6 Å². The van der Waals surface area contributed by atoms with Crippen molar-refractivity contribution in [2.45, 2.75) is 17.1 Å². The van der Waals surface area contributed by atoms with Crippen LogP contribution in [0.2, 0.25) is 0 Å². The minimum absolute atomic E-state index is 0.137. The second-order valence-electron chi connectivity index (χ2n) is 4.11. The van der Waals surface area contributed by atoms with Crippen LogP contribution in [-0.4, -0.2) is 31.9 Å². The zero-order chi connectivity index (χ0) is 13.6. The molecule has 0 unspecified atom stereocenters. The van der Waals surface area contributed by atoms with Gasteiger partial charge in [0.1, 0.15) is 0 Å². The molecule has 1 heterocycles. The maximum Gasteiger partial charge on any atom is 0.416 e. The van der Waals surface area contributed by atoms with Gasteiger partial charge in [0.15, 0.2) is 0 Å². The lowest BCUT2D eigenvalue weighted by Gasteiger charge is -2.35. The fourth-order valence-electron chi connectivity index (χ4n) is 1.65. The highest BCUT2D eigenvalue weighted by Crippen LogP contribution is 2.31. The predicted octanol–water partition coefficient (Wildman–Crippen LogP) is 1.04. The van der Waals surface area contributed by atoms with E-state index in [0.29, 0.717) is 6.07 Å². The molecule has 2 rings (SSSR count). The molecular formula is C10H11F3N2O2S. The van der Waals surface area contributed by atoms with Gasteiger partial charge in [-0.15, -0.1) is 0 Å². The molecule has 1 aliphatic heterocycles. The van der Waals surface area contributed by atoms with Crippen LogP contribution >= 0.6 is 0 Å². The quantitative estimate of drug-likeness (QED) is 0.880. The third-order valence-corrected chi connectivity index (χ3v) is 4.50. The minimum Gasteiger partial charge on any atom is -0.325 e. The van der Waals surface area contributed by atoms with E-state index in [2.05, 4.69) is 0 Å². The first-order valence-electron chi connectivity index (χ1n) is 5.14. The molecule has 0 bridgehead atoms. The summed E-state index contributed by atoms with van der Waals surface area (Å²) >= 11 is 0. The Bertz CT molecular complexity index is 550. The van der Waals surface area contributed by atoms with E-state index in [1.807, 2.05) is 0 Å². The topological polar surface area (TPSA) is 63.4 Å². The van der Waals surface area contributed by atoms with E-state index in [1.165, 1.54) is 0 Å². The minimum atomic E-state index is -4.56. The SMILES string of the molecule is NC1CN(S(=O)(=O)c2cccc(C(F)(F)F)c2)C1. The average Bonchev–Trinajstić information content (AvgIpc) is 2.24. The van der Waals surface area contributed by atoms with Crippen molar-refractivity contribution in [1.82, 2.24) is 4.31 Å². The first kappa shape index (κ1) is 13.3. The maximum absolute atomic E-state index is 12.5. The van der Waals surface area contributed by atoms with Crippen LogP contribution in [0.15, 0.2) is 29.2 Å². The summed E-state index contributed by atoms with van der Waals surface area (Å²) in [5.41, 5.74) is 4.48. The van der Waals surface area contributed by atoms with Gasteiger partial charge in [-0.1, -0.05) is 6.07 Å². The van der Waals surface area contributed by atoms with E-state index >= 15 is 0 Å². The van der Waals surface area contributed by atoms with Gasteiger partial charge in [-0.25, -0.2) is 8.42 Å². The zero-order valence-corrected chi connectivity index (χ0v) is 10.0. The summed E-state index contributed by atoms with van der Waals surface area (Å²) in [6, 6.07) is 3.45. The third-order valence-electron chi connectivity index (χ3n) is 2.68. The van der Waals surface area contributed by atoms with Crippen molar-refractivity contribution in [3.63, 3.8) is 0 Å². The highest BCUT2D eigenvalue weighted by atomic mass is 32.2. The predicted molar refractivity (Wildman–Crippen MR) is 58.2 cm³/mol. The monoisotopic (exact) mass is 280 g/mol. The molecule has 8 heteroatoms. The van der Waals surface area contributed by atoms with Crippen LogP contribution in [0.1, 0.15) is 5.56 Å². The highest BCUT2D eigenvalue weighted by Gasteiger charge is 2.36. The lowest BCUT2D eigenvalue weighted by atomic mass is 10.2. The molecule has 0 radical (unpaired) electrons. The largest absolute Gasteiger partial charge is 0.416 e. The average molecular weight is 280 g/mol. The van der Waals surface area contributed by atoms with Crippen molar-refractivity contribution in [3.8, 4) is 0 Å². The Hall–Kier alpha value is -1.12. The van der Waals surface area contributed by atoms with Gasteiger partial charge < -0.3 is 5.73 Å². The summed E-state index contributed by atoms with van der Waals surface area (Å²) in [6.45, 7) is 0.275. The molecule has 4 nitrogen and oxygen atoms in total. The molecule has 0 spiro atoms. The number of nitrogens with two attached hydrogens (primary N) is 1. The number of hydrogen-bond donors (Lipinski definition) is 1. The first-order valence-corrected chi connectivity index (χ1v) is 6.58. The van der Waals surface area contributed by atoms with Gasteiger partial charge in [-0.05, 0) is 18.2 Å². The van der Waals surface area contributed by atoms with Crippen molar-refractivity contribution in [3.05, 3.63) is 29.8 Å². The van der Waals surface area contributed by atoms with Crippen LogP contribution in [0.25, 0.3) is 0 Å². The standard InChI is InChI=1S/C10H11F3N2O2S/c11-10(12,13)7-2-1-3-9(4-7)18(16,17)15-5-8(14)6-15/h1-4,8H,5-6,14H2. The normalized spacial score (nSPS) is 18.7. The van der Waals surface area contributed by atoms with E-state index in [1.54, 1.807) is 0 Å². The zero-order valence-electron chi connectivity index (χ0n) is 9.18. The van der Waals surface area contributed by atoms with Crippen molar-refractivity contribution in [2.75, 3.05) is 13.1 Å². The molecule has 18 heavy (non-hydrogen) atoms. The summed E-state index contributed by atoms with van der Waals surface area (Å²) in [6.07, 6.45) is -4.56. The summed E-state index contributed by atoms with van der Waals surface area (Å²) in [4.78, 5) is -0.357. The van der Waals surface area contributed by atoms with Crippen molar-refractivity contribution in [2.24, 2.45) is 5.73 Å². The number of alkyl halides is 3. The second kappa shape index (κ2) is 4.22. The van der Waals surface area contributed by atoms with Crippen LogP contribution in [-0.2, 0) is 16.2 Å². The van der Waals surface area contributed by atoms with Crippen LogP contribution in [0.5, 0.6) is 0 Å². The number of sulfonamides is 1. The number of nitrogens with zero attached hydrogens (tertiary/aromatic N) is 1. The van der Waals surface area contributed by atoms with Crippen LogP contribution < -0.4 is 5.73 Å². The number of benzene rings is 1. The molecular weight excluding hydrogens is 269 g/mol. The molecule has 0 aliphatic carbocycles. The van der Waals surface area contributed by atoms with Crippen molar-refractivity contribution < 1.29 is 21.6 Å². The first-order chi connectivity index (χ1) is 8.21. The van der Waals surface area contributed by atoms with Gasteiger partial charge in [-0.2, -0.15) is 17.5 Å². The third kappa shape index (κ3) is 2.36. The Morgan fingerprint density at radius 1 is 1.28 bits per heavy atom. The van der Waals surface area contributed by atoms with E-state index in [0.717, 1.165) is 22.5 Å². The molecule has 1 aromatic carbocycles. The van der Waals surface area contributed by atoms with Gasteiger partial charge >= 0.3 is 6.18 Å². The van der Waals surface area contributed by atoms with Gasteiger partial charge in [0.2, 0.25) is 10.0 Å². The molecule has 1 aliphatic rings. The Morgan fingerprint density at radius 2 is 1.89 bits per heavy atom. The molecule has 1 saturated heterocycles. The molecule has 0 atom stereocenters. The Balaban J connectivity index is 2.34. The van der Waals surface area contributed by atoms with Crippen molar-refractivity contribution in [1.29, 1.82) is 0 Å². The Morgan fingerprint density at radius 3 is 2.39 bits per heavy atom. The smallest absolute Gasteiger partial charge is 0.325 e. The molecule has 0 saturated carbocycles. The van der Waals surface area contributed by atoms with Gasteiger partial charge in [-0.3, -0.25) is 0 Å². The summed E-state index contributed by atoms with van der Waals surface area (Å²) in [7, 11) is -3.86. The summed E-state index contributed by atoms with van der Waals surface area (Å²) in [5, 5.41) is 0. The fourth-order valence-corrected chi connectivity index (χ4v) is 3.25. The van der Waals surface area contributed by atoms with Crippen molar-refractivity contribution >= 4 is 10.0 Å². The molecule has 100 valence electrons. The lowest BCUT2D eigenvalue weighted by molar-refractivity contribution is -0.137. The summed E-state index contributed by atoms with van der Waals surface area (Å²) < 4.78 is 62.4. The summed E-state index contributed by atoms with van der Waals surface area (Å²) in [5.74, 6) is 0.